The molecule has 0 saturated heterocycles. The number of hydrogen-bond donors (Lipinski definition) is 0. The fourth-order valence-corrected chi connectivity index (χ4v) is 2.61. The molecule has 1 aliphatic rings. The third kappa shape index (κ3) is 2.40. The van der Waals surface area contributed by atoms with Crippen LogP contribution >= 0.6 is 12.0 Å². The molecule has 0 aromatic heterocycles. The predicted octanol–water partition coefficient (Wildman–Crippen LogP) is 2.38. The quantitative estimate of drug-likeness (QED) is 0.612. The molecule has 0 aliphatic carbocycles. The number of carbonyl (C=O) groups is 1. The highest BCUT2D eigenvalue weighted by Crippen LogP contribution is 2.40. The van der Waals surface area contributed by atoms with Crippen molar-refractivity contribution in [1.82, 2.24) is 0 Å². The Bertz CT molecular complexity index is 419. The van der Waals surface area contributed by atoms with E-state index in [1.165, 1.54) is 19.2 Å². The summed E-state index contributed by atoms with van der Waals surface area (Å²) in [6.45, 7) is 0.536. The van der Waals surface area contributed by atoms with E-state index in [9.17, 15) is 4.79 Å². The average molecular weight is 254 g/mol. The summed E-state index contributed by atoms with van der Waals surface area (Å²) in [5, 5.41) is 0. The van der Waals surface area contributed by atoms with Gasteiger partial charge < -0.3 is 13.7 Å². The van der Waals surface area contributed by atoms with Crippen molar-refractivity contribution < 1.29 is 18.5 Å². The molecule has 17 heavy (non-hydrogen) atoms. The number of esters is 1. The van der Waals surface area contributed by atoms with Gasteiger partial charge in [0.2, 0.25) is 0 Å². The number of fused-ring (bicyclic) bond motifs is 1. The number of carbonyl (C=O) groups excluding carboxylic acids is 1. The molecule has 0 amide bonds. The second-order valence-corrected chi connectivity index (χ2v) is 4.57. The van der Waals surface area contributed by atoms with Gasteiger partial charge in [0.15, 0.2) is 0 Å². The van der Waals surface area contributed by atoms with Gasteiger partial charge >= 0.3 is 5.97 Å². The number of methoxy groups -OCH3 is 1. The molecule has 5 heteroatoms. The summed E-state index contributed by atoms with van der Waals surface area (Å²) in [5.74, 6) is 0.259. The van der Waals surface area contributed by atoms with Crippen molar-refractivity contribution in [3.8, 4) is 5.75 Å². The first-order chi connectivity index (χ1) is 8.27. The highest BCUT2D eigenvalue weighted by molar-refractivity contribution is 7.94. The van der Waals surface area contributed by atoms with Crippen LogP contribution in [-0.2, 0) is 13.7 Å². The van der Waals surface area contributed by atoms with Gasteiger partial charge in [0.25, 0.3) is 0 Å². The van der Waals surface area contributed by atoms with Crippen LogP contribution < -0.4 is 4.74 Å². The van der Waals surface area contributed by atoms with Gasteiger partial charge in [-0.3, -0.25) is 4.79 Å². The Labute approximate surface area is 104 Å². The first-order valence-electron chi connectivity index (χ1n) is 5.32. The number of rotatable bonds is 3. The Morgan fingerprint density at radius 1 is 1.47 bits per heavy atom. The summed E-state index contributed by atoms with van der Waals surface area (Å²) in [5.41, 5.74) is 0.873. The highest BCUT2D eigenvalue weighted by atomic mass is 32.2. The minimum atomic E-state index is -0.261. The lowest BCUT2D eigenvalue weighted by Gasteiger charge is -2.25. The second-order valence-electron chi connectivity index (χ2n) is 3.63. The maximum atomic E-state index is 11.8. The van der Waals surface area contributed by atoms with Crippen molar-refractivity contribution in [3.05, 3.63) is 23.8 Å². The fraction of sp³-hybridized carbons (Fsp3) is 0.417. The van der Waals surface area contributed by atoms with Gasteiger partial charge in [0, 0.05) is 22.5 Å². The lowest BCUT2D eigenvalue weighted by atomic mass is 9.93. The van der Waals surface area contributed by atoms with E-state index in [2.05, 4.69) is 0 Å². The Kier molecular flexibility index (Phi) is 3.91. The number of hydrogen-bond acceptors (Lipinski definition) is 5. The van der Waals surface area contributed by atoms with E-state index in [0.717, 1.165) is 16.2 Å². The van der Waals surface area contributed by atoms with E-state index in [0.29, 0.717) is 13.0 Å². The van der Waals surface area contributed by atoms with Crippen molar-refractivity contribution in [2.24, 2.45) is 0 Å². The Morgan fingerprint density at radius 2 is 2.29 bits per heavy atom. The maximum Gasteiger partial charge on any atom is 0.313 e. The third-order valence-corrected chi connectivity index (χ3v) is 3.40. The molecule has 0 spiro atoms. The molecule has 0 radical (unpaired) electrons. The molecule has 92 valence electrons. The number of benzene rings is 1. The normalized spacial score (nSPS) is 18.1. The summed E-state index contributed by atoms with van der Waals surface area (Å²) in [6.07, 6.45) is 0.640. The molecule has 1 aromatic carbocycles. The van der Waals surface area contributed by atoms with Gasteiger partial charge in [-0.25, -0.2) is 0 Å². The molecule has 0 saturated carbocycles. The molecule has 0 N–H and O–H groups in total. The molecule has 2 rings (SSSR count). The van der Waals surface area contributed by atoms with Crippen molar-refractivity contribution in [1.29, 1.82) is 0 Å². The predicted molar refractivity (Wildman–Crippen MR) is 64.2 cm³/mol. The highest BCUT2D eigenvalue weighted by Gasteiger charge is 2.31. The van der Waals surface area contributed by atoms with E-state index >= 15 is 0 Å². The lowest BCUT2D eigenvalue weighted by Crippen LogP contribution is -2.23. The van der Waals surface area contributed by atoms with Gasteiger partial charge in [-0.1, -0.05) is 6.07 Å². The van der Waals surface area contributed by atoms with Crippen LogP contribution in [0.2, 0.25) is 0 Å². The molecule has 4 nitrogen and oxygen atoms in total. The van der Waals surface area contributed by atoms with Crippen LogP contribution in [0.5, 0.6) is 5.75 Å². The van der Waals surface area contributed by atoms with Crippen molar-refractivity contribution >= 4 is 18.0 Å². The van der Waals surface area contributed by atoms with Crippen LogP contribution in [0.25, 0.3) is 0 Å². The molecule has 1 aromatic rings. The third-order valence-electron chi connectivity index (χ3n) is 2.70. The Morgan fingerprint density at radius 3 is 3.00 bits per heavy atom. The van der Waals surface area contributed by atoms with E-state index in [1.54, 1.807) is 7.11 Å². The topological polar surface area (TPSA) is 44.8 Å². The van der Waals surface area contributed by atoms with E-state index in [-0.39, 0.29) is 11.9 Å². The minimum absolute atomic E-state index is 0.223. The van der Waals surface area contributed by atoms with Crippen molar-refractivity contribution in [2.75, 3.05) is 20.8 Å². The standard InChI is InChI=1S/C12H14O4S/c1-14-12(13)8-6-7-16-9-4-3-5-10(11(8)9)17-15-2/h3-5,8H,6-7H2,1-2H3. The number of ether oxygens (including phenoxy) is 2. The summed E-state index contributed by atoms with van der Waals surface area (Å²) in [6, 6.07) is 5.67. The van der Waals surface area contributed by atoms with Gasteiger partial charge in [0.05, 0.1) is 26.7 Å². The summed E-state index contributed by atoms with van der Waals surface area (Å²) >= 11 is 1.23. The zero-order valence-corrected chi connectivity index (χ0v) is 10.6. The Balaban J connectivity index is 2.43. The Hall–Kier alpha value is -1.20. The molecular formula is C12H14O4S. The van der Waals surface area contributed by atoms with E-state index < -0.39 is 0 Å². The first kappa shape index (κ1) is 12.3. The monoisotopic (exact) mass is 254 g/mol. The average Bonchev–Trinajstić information content (AvgIpc) is 2.38. The summed E-state index contributed by atoms with van der Waals surface area (Å²) in [7, 11) is 3.00. The smallest absolute Gasteiger partial charge is 0.313 e. The van der Waals surface area contributed by atoms with Gasteiger partial charge in [0.1, 0.15) is 5.75 Å². The maximum absolute atomic E-state index is 11.8. The molecule has 1 atom stereocenters. The van der Waals surface area contributed by atoms with Crippen LogP contribution in [-0.4, -0.2) is 26.8 Å². The van der Waals surface area contributed by atoms with Gasteiger partial charge in [-0.2, -0.15) is 0 Å². The van der Waals surface area contributed by atoms with Crippen LogP contribution in [0.1, 0.15) is 17.9 Å². The van der Waals surface area contributed by atoms with Crippen molar-refractivity contribution in [2.45, 2.75) is 17.2 Å². The molecule has 0 bridgehead atoms. The molecule has 1 unspecified atom stereocenters. The SMILES string of the molecule is COSc1cccc2c1C(C(=O)OC)CCO2. The zero-order valence-electron chi connectivity index (χ0n) is 9.76. The van der Waals surface area contributed by atoms with E-state index in [1.807, 2.05) is 18.2 Å². The molecule has 1 aliphatic heterocycles. The summed E-state index contributed by atoms with van der Waals surface area (Å²) < 4.78 is 15.5. The molecular weight excluding hydrogens is 240 g/mol. The van der Waals surface area contributed by atoms with Crippen LogP contribution in [0.15, 0.2) is 23.1 Å². The fourth-order valence-electron chi connectivity index (χ4n) is 1.96. The first-order valence-corrected chi connectivity index (χ1v) is 6.06. The largest absolute Gasteiger partial charge is 0.493 e. The van der Waals surface area contributed by atoms with Crippen LogP contribution in [0, 0.1) is 0 Å². The van der Waals surface area contributed by atoms with E-state index in [4.69, 9.17) is 13.7 Å². The van der Waals surface area contributed by atoms with Crippen molar-refractivity contribution in [3.63, 3.8) is 0 Å². The van der Waals surface area contributed by atoms with Gasteiger partial charge in [-0.15, -0.1) is 0 Å². The zero-order chi connectivity index (χ0) is 12.3. The van der Waals surface area contributed by atoms with Crippen LogP contribution in [0.4, 0.5) is 0 Å². The second kappa shape index (κ2) is 5.42. The lowest BCUT2D eigenvalue weighted by molar-refractivity contribution is -0.143. The van der Waals surface area contributed by atoms with Crippen LogP contribution in [0.3, 0.4) is 0 Å². The minimum Gasteiger partial charge on any atom is -0.493 e. The molecule has 0 fully saturated rings. The molecule has 1 heterocycles. The van der Waals surface area contributed by atoms with Gasteiger partial charge in [-0.05, 0) is 18.6 Å². The summed E-state index contributed by atoms with van der Waals surface area (Å²) in [4.78, 5) is 12.7.